The van der Waals surface area contributed by atoms with Gasteiger partial charge in [-0.25, -0.2) is 4.79 Å². The smallest absolute Gasteiger partial charge is 0.407 e. The van der Waals surface area contributed by atoms with E-state index in [1.54, 1.807) is 4.90 Å². The molecule has 0 aromatic carbocycles. The summed E-state index contributed by atoms with van der Waals surface area (Å²) in [6.45, 7) is 29.7. The lowest BCUT2D eigenvalue weighted by atomic mass is 9.40. The highest BCUT2D eigenvalue weighted by Gasteiger charge is 2.74. The SMILES string of the molecule is C[C@@H]1CCN(C(=O)O)C(C(C)(C)C)(C(C)(C)C)C(C(C)(C)C)(C(C)(C)C)N1. The molecule has 27 heavy (non-hydrogen) atoms. The van der Waals surface area contributed by atoms with E-state index in [1.165, 1.54) is 0 Å². The Labute approximate surface area is 168 Å². The summed E-state index contributed by atoms with van der Waals surface area (Å²) in [7, 11) is 0. The molecule has 1 saturated heterocycles. The maximum atomic E-state index is 12.8. The zero-order valence-corrected chi connectivity index (χ0v) is 20.3. The monoisotopic (exact) mass is 382 g/mol. The minimum absolute atomic E-state index is 0.182. The minimum Gasteiger partial charge on any atom is -0.465 e. The van der Waals surface area contributed by atoms with Crippen molar-refractivity contribution in [1.29, 1.82) is 0 Å². The van der Waals surface area contributed by atoms with Gasteiger partial charge in [0.2, 0.25) is 0 Å². The van der Waals surface area contributed by atoms with E-state index in [2.05, 4.69) is 95.3 Å². The quantitative estimate of drug-likeness (QED) is 0.539. The Bertz CT molecular complexity index is 525. The molecule has 1 aliphatic heterocycles. The van der Waals surface area contributed by atoms with Crippen molar-refractivity contribution < 1.29 is 9.90 Å². The van der Waals surface area contributed by atoms with E-state index in [-0.39, 0.29) is 27.7 Å². The van der Waals surface area contributed by atoms with Gasteiger partial charge < -0.3 is 10.4 Å². The Morgan fingerprint density at radius 3 is 1.48 bits per heavy atom. The molecular formula is C23H46N2O2. The van der Waals surface area contributed by atoms with Crippen LogP contribution < -0.4 is 5.32 Å². The van der Waals surface area contributed by atoms with Crippen LogP contribution >= 0.6 is 0 Å². The number of amides is 1. The van der Waals surface area contributed by atoms with E-state index in [9.17, 15) is 9.90 Å². The van der Waals surface area contributed by atoms with Crippen LogP contribution in [-0.2, 0) is 0 Å². The number of hydrogen-bond acceptors (Lipinski definition) is 2. The van der Waals surface area contributed by atoms with Crippen molar-refractivity contribution in [2.75, 3.05) is 6.54 Å². The fourth-order valence-corrected chi connectivity index (χ4v) is 7.18. The molecule has 0 unspecified atom stereocenters. The van der Waals surface area contributed by atoms with Crippen molar-refractivity contribution in [3.05, 3.63) is 0 Å². The number of carbonyl (C=O) groups is 1. The fraction of sp³-hybridized carbons (Fsp3) is 0.957. The molecule has 1 aliphatic rings. The summed E-state index contributed by atoms with van der Waals surface area (Å²) in [5.74, 6) is 0. The lowest BCUT2D eigenvalue weighted by Crippen LogP contribution is -2.86. The van der Waals surface area contributed by atoms with E-state index in [1.807, 2.05) is 0 Å². The van der Waals surface area contributed by atoms with E-state index in [0.717, 1.165) is 6.42 Å². The van der Waals surface area contributed by atoms with Gasteiger partial charge in [-0.1, -0.05) is 83.1 Å². The van der Waals surface area contributed by atoms with E-state index in [0.29, 0.717) is 6.54 Å². The molecular weight excluding hydrogens is 336 g/mol. The predicted molar refractivity (Wildman–Crippen MR) is 115 cm³/mol. The molecule has 0 radical (unpaired) electrons. The first kappa shape index (κ1) is 24.3. The predicted octanol–water partition coefficient (Wildman–Crippen LogP) is 6.01. The Kier molecular flexibility index (Phi) is 5.97. The molecule has 0 aromatic heterocycles. The van der Waals surface area contributed by atoms with Crippen LogP contribution in [0.25, 0.3) is 0 Å². The maximum absolute atomic E-state index is 12.8. The van der Waals surface area contributed by atoms with Gasteiger partial charge in [0.1, 0.15) is 0 Å². The number of hydrogen-bond donors (Lipinski definition) is 2. The highest BCUT2D eigenvalue weighted by molar-refractivity contribution is 5.68. The van der Waals surface area contributed by atoms with E-state index in [4.69, 9.17) is 0 Å². The van der Waals surface area contributed by atoms with Crippen LogP contribution in [0.2, 0.25) is 0 Å². The summed E-state index contributed by atoms with van der Waals surface area (Å²) in [4.78, 5) is 14.6. The van der Waals surface area contributed by atoms with Crippen LogP contribution in [0.1, 0.15) is 96.4 Å². The van der Waals surface area contributed by atoms with Crippen LogP contribution in [-0.4, -0.2) is 39.8 Å². The first-order valence-corrected chi connectivity index (χ1v) is 10.5. The molecule has 4 heteroatoms. The van der Waals surface area contributed by atoms with Gasteiger partial charge in [-0.3, -0.25) is 4.90 Å². The van der Waals surface area contributed by atoms with Crippen molar-refractivity contribution in [1.82, 2.24) is 10.2 Å². The van der Waals surface area contributed by atoms with Gasteiger partial charge in [0, 0.05) is 12.6 Å². The second-order valence-electron chi connectivity index (χ2n) is 12.7. The molecule has 160 valence electrons. The molecule has 0 aliphatic carbocycles. The van der Waals surface area contributed by atoms with Crippen LogP contribution in [0.5, 0.6) is 0 Å². The van der Waals surface area contributed by atoms with Crippen LogP contribution in [0.15, 0.2) is 0 Å². The van der Waals surface area contributed by atoms with Crippen LogP contribution in [0, 0.1) is 21.7 Å². The molecule has 1 rings (SSSR count). The zero-order valence-electron chi connectivity index (χ0n) is 20.3. The molecule has 1 atom stereocenters. The molecule has 2 N–H and O–H groups in total. The molecule has 0 bridgehead atoms. The van der Waals surface area contributed by atoms with Gasteiger partial charge in [-0.15, -0.1) is 0 Å². The number of carboxylic acid groups (broad SMARTS) is 1. The van der Waals surface area contributed by atoms with Crippen molar-refractivity contribution in [2.24, 2.45) is 21.7 Å². The fourth-order valence-electron chi connectivity index (χ4n) is 7.18. The summed E-state index contributed by atoms with van der Waals surface area (Å²) in [6, 6.07) is 0.233. The third-order valence-electron chi connectivity index (χ3n) is 6.85. The second-order valence-corrected chi connectivity index (χ2v) is 12.7. The molecule has 1 fully saturated rings. The minimum atomic E-state index is -0.811. The Morgan fingerprint density at radius 2 is 1.22 bits per heavy atom. The van der Waals surface area contributed by atoms with Gasteiger partial charge in [0.25, 0.3) is 0 Å². The summed E-state index contributed by atoms with van der Waals surface area (Å²) >= 11 is 0. The van der Waals surface area contributed by atoms with Crippen molar-refractivity contribution in [2.45, 2.75) is 114 Å². The average molecular weight is 383 g/mol. The highest BCUT2D eigenvalue weighted by Crippen LogP contribution is 2.65. The van der Waals surface area contributed by atoms with Crippen molar-refractivity contribution in [3.63, 3.8) is 0 Å². The molecule has 4 nitrogen and oxygen atoms in total. The first-order chi connectivity index (χ1) is 11.7. The number of rotatable bonds is 0. The van der Waals surface area contributed by atoms with Crippen LogP contribution in [0.4, 0.5) is 4.79 Å². The maximum Gasteiger partial charge on any atom is 0.407 e. The third kappa shape index (κ3) is 3.30. The number of nitrogens with one attached hydrogen (secondary N) is 1. The molecule has 1 amide bonds. The summed E-state index contributed by atoms with van der Waals surface area (Å²) in [6.07, 6.45) is 0.00215. The lowest BCUT2D eigenvalue weighted by Gasteiger charge is -2.73. The Morgan fingerprint density at radius 1 is 0.852 bits per heavy atom. The normalized spacial score (nSPS) is 24.5. The zero-order chi connectivity index (χ0) is 21.9. The molecule has 0 saturated carbocycles. The molecule has 0 aromatic rings. The Hall–Kier alpha value is -0.770. The van der Waals surface area contributed by atoms with Crippen LogP contribution in [0.3, 0.4) is 0 Å². The van der Waals surface area contributed by atoms with Gasteiger partial charge in [-0.2, -0.15) is 0 Å². The summed E-state index contributed by atoms with van der Waals surface area (Å²) in [5, 5.41) is 14.5. The third-order valence-corrected chi connectivity index (χ3v) is 6.85. The molecule has 0 spiro atoms. The topological polar surface area (TPSA) is 52.6 Å². The standard InChI is InChI=1S/C23H46N2O2/c1-16-14-15-25(17(26)27)23(20(8,9)10,21(11,12)13)22(24-16,18(2,3)4)19(5,6)7/h16,24H,14-15H2,1-13H3,(H,26,27)/t16-/m1/s1. The van der Waals surface area contributed by atoms with Crippen molar-refractivity contribution >= 4 is 6.09 Å². The lowest BCUT2D eigenvalue weighted by molar-refractivity contribution is -0.197. The Balaban J connectivity index is 4.34. The van der Waals surface area contributed by atoms with Crippen molar-refractivity contribution in [3.8, 4) is 0 Å². The first-order valence-electron chi connectivity index (χ1n) is 10.5. The highest BCUT2D eigenvalue weighted by atomic mass is 16.4. The number of nitrogens with zero attached hydrogens (tertiary/aromatic N) is 1. The average Bonchev–Trinajstić information content (AvgIpc) is 2.50. The van der Waals surface area contributed by atoms with E-state index < -0.39 is 17.2 Å². The second kappa shape index (κ2) is 6.64. The van der Waals surface area contributed by atoms with Gasteiger partial charge >= 0.3 is 6.09 Å². The van der Waals surface area contributed by atoms with Gasteiger partial charge in [0.05, 0.1) is 11.1 Å². The van der Waals surface area contributed by atoms with Gasteiger partial charge in [0.15, 0.2) is 0 Å². The summed E-state index contributed by atoms with van der Waals surface area (Å²) in [5.41, 5.74) is -2.04. The van der Waals surface area contributed by atoms with Gasteiger partial charge in [-0.05, 0) is 35.0 Å². The largest absolute Gasteiger partial charge is 0.465 e. The van der Waals surface area contributed by atoms with E-state index >= 15 is 0 Å². The molecule has 1 heterocycles. The summed E-state index contributed by atoms with van der Waals surface area (Å²) < 4.78 is 0.